The SMILES string of the molecule is COC(=Cc1ccc(O)cc1)C([O])=O. The van der Waals surface area contributed by atoms with Crippen LogP contribution in [-0.2, 0) is 14.6 Å². The molecule has 4 heteroatoms. The third-order valence-electron chi connectivity index (χ3n) is 1.61. The van der Waals surface area contributed by atoms with Crippen molar-refractivity contribution in [3.05, 3.63) is 35.6 Å². The molecule has 1 aromatic carbocycles. The minimum Gasteiger partial charge on any atom is -0.508 e. The first kappa shape index (κ1) is 10.1. The lowest BCUT2D eigenvalue weighted by Gasteiger charge is -1.98. The molecule has 0 saturated heterocycles. The molecule has 0 fully saturated rings. The number of phenols is 1. The van der Waals surface area contributed by atoms with Gasteiger partial charge < -0.3 is 9.84 Å². The van der Waals surface area contributed by atoms with Crippen molar-refractivity contribution < 1.29 is 19.7 Å². The Morgan fingerprint density at radius 2 is 1.93 bits per heavy atom. The van der Waals surface area contributed by atoms with Crippen LogP contribution in [0, 0.1) is 0 Å². The van der Waals surface area contributed by atoms with Crippen LogP contribution < -0.4 is 0 Å². The first-order valence-electron chi connectivity index (χ1n) is 3.89. The fraction of sp³-hybridized carbons (Fsp3) is 0.100. The second kappa shape index (κ2) is 4.32. The molecule has 73 valence electrons. The van der Waals surface area contributed by atoms with Crippen LogP contribution in [-0.4, -0.2) is 18.2 Å². The Bertz CT molecular complexity index is 351. The summed E-state index contributed by atoms with van der Waals surface area (Å²) in [7, 11) is 1.25. The van der Waals surface area contributed by atoms with Crippen LogP contribution in [0.2, 0.25) is 0 Å². The van der Waals surface area contributed by atoms with E-state index in [1.54, 1.807) is 12.1 Å². The van der Waals surface area contributed by atoms with Gasteiger partial charge in [0.15, 0.2) is 0 Å². The van der Waals surface area contributed by atoms with Crippen LogP contribution in [0.1, 0.15) is 5.56 Å². The molecule has 0 aromatic heterocycles. The summed E-state index contributed by atoms with van der Waals surface area (Å²) in [6, 6.07) is 6.04. The van der Waals surface area contributed by atoms with Gasteiger partial charge in [-0.3, -0.25) is 0 Å². The number of phenolic OH excluding ortho intramolecular Hbond substituents is 1. The van der Waals surface area contributed by atoms with Gasteiger partial charge in [-0.05, 0) is 23.8 Å². The maximum Gasteiger partial charge on any atom is 0.420 e. The Balaban J connectivity index is 2.95. The van der Waals surface area contributed by atoms with Gasteiger partial charge in [-0.15, -0.1) is 0 Å². The summed E-state index contributed by atoms with van der Waals surface area (Å²) < 4.78 is 4.58. The summed E-state index contributed by atoms with van der Waals surface area (Å²) in [5, 5.41) is 19.4. The van der Waals surface area contributed by atoms with Crippen molar-refractivity contribution in [1.82, 2.24) is 0 Å². The molecular weight excluding hydrogens is 184 g/mol. The Morgan fingerprint density at radius 3 is 2.36 bits per heavy atom. The van der Waals surface area contributed by atoms with Crippen molar-refractivity contribution in [2.24, 2.45) is 0 Å². The van der Waals surface area contributed by atoms with E-state index >= 15 is 0 Å². The molecule has 0 spiro atoms. The number of hydrogen-bond donors (Lipinski definition) is 1. The van der Waals surface area contributed by atoms with Crippen LogP contribution in [0.15, 0.2) is 30.0 Å². The van der Waals surface area contributed by atoms with E-state index in [0.29, 0.717) is 5.56 Å². The van der Waals surface area contributed by atoms with Crippen molar-refractivity contribution in [3.63, 3.8) is 0 Å². The highest BCUT2D eigenvalue weighted by atomic mass is 16.5. The molecule has 0 aliphatic heterocycles. The van der Waals surface area contributed by atoms with E-state index in [-0.39, 0.29) is 11.5 Å². The Morgan fingerprint density at radius 1 is 1.36 bits per heavy atom. The summed E-state index contributed by atoms with van der Waals surface area (Å²) in [5.74, 6) is -1.51. The van der Waals surface area contributed by atoms with Gasteiger partial charge in [0.1, 0.15) is 5.75 Å². The Hall–Kier alpha value is -1.97. The van der Waals surface area contributed by atoms with E-state index in [1.807, 2.05) is 0 Å². The van der Waals surface area contributed by atoms with Gasteiger partial charge in [0.05, 0.1) is 7.11 Å². The molecule has 1 aromatic rings. The summed E-state index contributed by atoms with van der Waals surface area (Å²) in [5.41, 5.74) is 0.615. The number of ether oxygens (including phenoxy) is 1. The molecule has 1 radical (unpaired) electrons. The van der Waals surface area contributed by atoms with Crippen LogP contribution in [0.3, 0.4) is 0 Å². The zero-order chi connectivity index (χ0) is 10.6. The molecule has 0 aliphatic carbocycles. The molecule has 4 nitrogen and oxygen atoms in total. The Kier molecular flexibility index (Phi) is 3.12. The monoisotopic (exact) mass is 193 g/mol. The Labute approximate surface area is 81.1 Å². The molecule has 1 N–H and O–H groups in total. The van der Waals surface area contributed by atoms with Gasteiger partial charge in [-0.25, -0.2) is 9.90 Å². The average molecular weight is 193 g/mol. The normalized spacial score (nSPS) is 11.1. The van der Waals surface area contributed by atoms with E-state index in [2.05, 4.69) is 4.74 Å². The quantitative estimate of drug-likeness (QED) is 0.581. The van der Waals surface area contributed by atoms with Crippen LogP contribution in [0.5, 0.6) is 5.75 Å². The number of benzene rings is 1. The molecule has 0 heterocycles. The van der Waals surface area contributed by atoms with Crippen molar-refractivity contribution in [2.75, 3.05) is 7.11 Å². The molecule has 0 amide bonds. The molecule has 1 rings (SSSR count). The molecular formula is C10H9O4. The fourth-order valence-corrected chi connectivity index (χ4v) is 0.923. The van der Waals surface area contributed by atoms with Crippen molar-refractivity contribution in [2.45, 2.75) is 0 Å². The van der Waals surface area contributed by atoms with Gasteiger partial charge in [0.25, 0.3) is 0 Å². The maximum absolute atomic E-state index is 10.4. The molecule has 14 heavy (non-hydrogen) atoms. The smallest absolute Gasteiger partial charge is 0.420 e. The van der Waals surface area contributed by atoms with E-state index in [4.69, 9.17) is 5.11 Å². The average Bonchev–Trinajstić information content (AvgIpc) is 2.16. The summed E-state index contributed by atoms with van der Waals surface area (Å²) >= 11 is 0. The second-order valence-corrected chi connectivity index (χ2v) is 2.59. The number of methoxy groups -OCH3 is 1. The predicted molar refractivity (Wildman–Crippen MR) is 48.8 cm³/mol. The van der Waals surface area contributed by atoms with Gasteiger partial charge in [-0.1, -0.05) is 12.1 Å². The summed E-state index contributed by atoms with van der Waals surface area (Å²) in [6.07, 6.45) is 1.31. The first-order valence-corrected chi connectivity index (χ1v) is 3.89. The van der Waals surface area contributed by atoms with Crippen molar-refractivity contribution in [1.29, 1.82) is 0 Å². The van der Waals surface area contributed by atoms with Gasteiger partial charge in [0, 0.05) is 0 Å². The first-order chi connectivity index (χ1) is 6.63. The molecule has 0 unspecified atom stereocenters. The lowest BCUT2D eigenvalue weighted by atomic mass is 10.2. The third-order valence-corrected chi connectivity index (χ3v) is 1.61. The molecule has 0 saturated carbocycles. The number of carbonyl (C=O) groups is 1. The van der Waals surface area contributed by atoms with Gasteiger partial charge >= 0.3 is 5.97 Å². The van der Waals surface area contributed by atoms with E-state index in [9.17, 15) is 9.90 Å². The van der Waals surface area contributed by atoms with Gasteiger partial charge in [0.2, 0.25) is 5.76 Å². The number of rotatable bonds is 3. The van der Waals surface area contributed by atoms with Crippen LogP contribution in [0.25, 0.3) is 6.08 Å². The molecule has 0 bridgehead atoms. The predicted octanol–water partition coefficient (Wildman–Crippen LogP) is 1.34. The minimum absolute atomic E-state index is 0.120. The van der Waals surface area contributed by atoms with E-state index in [1.165, 1.54) is 25.3 Å². The zero-order valence-electron chi connectivity index (χ0n) is 7.56. The van der Waals surface area contributed by atoms with Crippen molar-refractivity contribution >= 4 is 12.0 Å². The highest BCUT2D eigenvalue weighted by Gasteiger charge is 2.08. The fourth-order valence-electron chi connectivity index (χ4n) is 0.923. The number of aromatic hydroxyl groups is 1. The lowest BCUT2D eigenvalue weighted by Crippen LogP contribution is -2.00. The minimum atomic E-state index is -1.37. The summed E-state index contributed by atoms with van der Waals surface area (Å²) in [6.45, 7) is 0. The molecule has 0 atom stereocenters. The highest BCUT2D eigenvalue weighted by molar-refractivity contribution is 5.89. The van der Waals surface area contributed by atoms with Crippen LogP contribution >= 0.6 is 0 Å². The number of carbonyl (C=O) groups excluding carboxylic acids is 1. The van der Waals surface area contributed by atoms with E-state index in [0.717, 1.165) is 0 Å². The highest BCUT2D eigenvalue weighted by Crippen LogP contribution is 2.13. The third kappa shape index (κ3) is 2.52. The van der Waals surface area contributed by atoms with Gasteiger partial charge in [-0.2, -0.15) is 0 Å². The standard InChI is InChI=1S/C10H9O4/c1-14-9(10(12)13)6-7-2-4-8(11)5-3-7/h2-6,11H,1H3. The zero-order valence-corrected chi connectivity index (χ0v) is 7.56. The topological polar surface area (TPSA) is 66.4 Å². The van der Waals surface area contributed by atoms with Crippen molar-refractivity contribution in [3.8, 4) is 5.75 Å². The van der Waals surface area contributed by atoms with E-state index < -0.39 is 5.97 Å². The summed E-state index contributed by atoms with van der Waals surface area (Å²) in [4.78, 5) is 10.4. The van der Waals surface area contributed by atoms with Crippen LogP contribution in [0.4, 0.5) is 0 Å². The second-order valence-electron chi connectivity index (χ2n) is 2.59. The number of hydrogen-bond acceptors (Lipinski definition) is 3. The lowest BCUT2D eigenvalue weighted by molar-refractivity contribution is -0.141. The maximum atomic E-state index is 10.4. The molecule has 0 aliphatic rings. The largest absolute Gasteiger partial charge is 0.508 e.